The van der Waals surface area contributed by atoms with Gasteiger partial charge in [0.15, 0.2) is 5.76 Å². The zero-order valence-electron chi connectivity index (χ0n) is 6.38. The first kappa shape index (κ1) is 8.26. The van der Waals surface area contributed by atoms with Crippen molar-refractivity contribution in [3.8, 4) is 0 Å². The van der Waals surface area contributed by atoms with E-state index in [1.807, 2.05) is 0 Å². The normalized spacial score (nSPS) is 10.6. The van der Waals surface area contributed by atoms with E-state index in [-0.39, 0.29) is 11.6 Å². The molecule has 0 aliphatic heterocycles. The molecule has 0 fully saturated rings. The van der Waals surface area contributed by atoms with Crippen LogP contribution >= 0.6 is 11.6 Å². The lowest BCUT2D eigenvalue weighted by Crippen LogP contribution is -1.80. The third kappa shape index (κ3) is 1.42. The Kier molecular flexibility index (Phi) is 1.81. The summed E-state index contributed by atoms with van der Waals surface area (Å²) in [6.07, 6.45) is 0. The van der Waals surface area contributed by atoms with Gasteiger partial charge in [-0.25, -0.2) is 4.39 Å². The lowest BCUT2D eigenvalue weighted by Gasteiger charge is -1.86. The monoisotopic (exact) mass is 198 g/mol. The molecule has 0 aliphatic rings. The molecule has 1 aromatic heterocycles. The van der Waals surface area contributed by atoms with Gasteiger partial charge in [-0.1, -0.05) is 0 Å². The number of benzene rings is 1. The van der Waals surface area contributed by atoms with Gasteiger partial charge in [0, 0.05) is 5.39 Å². The fourth-order valence-corrected chi connectivity index (χ4v) is 1.20. The fraction of sp³-hybridized carbons (Fsp3) is 0. The van der Waals surface area contributed by atoms with Gasteiger partial charge in [0.2, 0.25) is 0 Å². The van der Waals surface area contributed by atoms with Crippen LogP contribution in [0.5, 0.6) is 0 Å². The maximum absolute atomic E-state index is 12.7. The highest BCUT2D eigenvalue weighted by molar-refractivity contribution is 6.67. The van der Waals surface area contributed by atoms with Gasteiger partial charge in [-0.3, -0.25) is 4.79 Å². The van der Waals surface area contributed by atoms with Crippen molar-refractivity contribution in [1.82, 2.24) is 0 Å². The van der Waals surface area contributed by atoms with E-state index >= 15 is 0 Å². The number of hydrogen-bond donors (Lipinski definition) is 0. The highest BCUT2D eigenvalue weighted by Gasteiger charge is 2.09. The molecule has 0 spiro atoms. The van der Waals surface area contributed by atoms with Crippen LogP contribution in [0.25, 0.3) is 11.0 Å². The van der Waals surface area contributed by atoms with Gasteiger partial charge in [-0.15, -0.1) is 0 Å². The predicted molar refractivity (Wildman–Crippen MR) is 46.4 cm³/mol. The van der Waals surface area contributed by atoms with E-state index in [0.29, 0.717) is 11.0 Å². The Labute approximate surface area is 77.9 Å². The molecule has 0 N–H and O–H groups in total. The van der Waals surface area contributed by atoms with Gasteiger partial charge in [-0.2, -0.15) is 0 Å². The van der Waals surface area contributed by atoms with E-state index in [0.717, 1.165) is 0 Å². The van der Waals surface area contributed by atoms with Gasteiger partial charge in [0.05, 0.1) is 0 Å². The molecule has 0 saturated heterocycles. The number of fused-ring (bicyclic) bond motifs is 1. The second-order valence-electron chi connectivity index (χ2n) is 2.57. The molecule has 2 aromatic rings. The molecule has 1 heterocycles. The summed E-state index contributed by atoms with van der Waals surface area (Å²) in [4.78, 5) is 10.7. The number of furan rings is 1. The van der Waals surface area contributed by atoms with Crippen LogP contribution in [-0.4, -0.2) is 5.24 Å². The standard InChI is InChI=1S/C9H4ClFO2/c10-9(12)8-4-5-3-6(11)1-2-7(5)13-8/h1-4H. The van der Waals surface area contributed by atoms with E-state index in [9.17, 15) is 9.18 Å². The van der Waals surface area contributed by atoms with Crippen LogP contribution in [0.15, 0.2) is 28.7 Å². The van der Waals surface area contributed by atoms with E-state index in [1.165, 1.54) is 24.3 Å². The Balaban J connectivity index is 2.68. The van der Waals surface area contributed by atoms with E-state index in [2.05, 4.69) is 0 Å². The van der Waals surface area contributed by atoms with Crippen LogP contribution in [0.3, 0.4) is 0 Å². The summed E-state index contributed by atoms with van der Waals surface area (Å²) >= 11 is 5.19. The second-order valence-corrected chi connectivity index (χ2v) is 2.91. The Hall–Kier alpha value is -1.35. The molecule has 13 heavy (non-hydrogen) atoms. The molecule has 0 bridgehead atoms. The van der Waals surface area contributed by atoms with Crippen molar-refractivity contribution in [1.29, 1.82) is 0 Å². The topological polar surface area (TPSA) is 30.2 Å². The first-order valence-corrected chi connectivity index (χ1v) is 3.93. The number of carbonyl (C=O) groups excluding carboxylic acids is 1. The Morgan fingerprint density at radius 2 is 2.15 bits per heavy atom. The van der Waals surface area contributed by atoms with Crippen molar-refractivity contribution in [2.45, 2.75) is 0 Å². The van der Waals surface area contributed by atoms with Crippen LogP contribution in [0.1, 0.15) is 10.6 Å². The lowest BCUT2D eigenvalue weighted by atomic mass is 10.2. The zero-order chi connectivity index (χ0) is 9.42. The maximum atomic E-state index is 12.7. The van der Waals surface area contributed by atoms with Gasteiger partial charge in [0.25, 0.3) is 5.24 Å². The smallest absolute Gasteiger partial charge is 0.287 e. The van der Waals surface area contributed by atoms with Crippen molar-refractivity contribution >= 4 is 27.8 Å². The summed E-state index contributed by atoms with van der Waals surface area (Å²) in [6.45, 7) is 0. The van der Waals surface area contributed by atoms with E-state index in [1.54, 1.807) is 0 Å². The van der Waals surface area contributed by atoms with Gasteiger partial charge in [-0.05, 0) is 35.9 Å². The number of halogens is 2. The summed E-state index contributed by atoms with van der Waals surface area (Å²) in [7, 11) is 0. The van der Waals surface area contributed by atoms with Crippen molar-refractivity contribution in [3.05, 3.63) is 35.8 Å². The average molecular weight is 199 g/mol. The largest absolute Gasteiger partial charge is 0.452 e. The van der Waals surface area contributed by atoms with Crippen molar-refractivity contribution in [2.75, 3.05) is 0 Å². The van der Waals surface area contributed by atoms with Crippen LogP contribution in [0, 0.1) is 5.82 Å². The molecule has 0 radical (unpaired) electrons. The molecule has 0 unspecified atom stereocenters. The third-order valence-electron chi connectivity index (χ3n) is 1.67. The first-order chi connectivity index (χ1) is 6.16. The quantitative estimate of drug-likeness (QED) is 0.660. The third-order valence-corrected chi connectivity index (χ3v) is 1.86. The summed E-state index contributed by atoms with van der Waals surface area (Å²) in [5.41, 5.74) is 0.449. The fourth-order valence-electron chi connectivity index (χ4n) is 1.11. The summed E-state index contributed by atoms with van der Waals surface area (Å²) in [6, 6.07) is 5.40. The molecular weight excluding hydrogens is 195 g/mol. The van der Waals surface area contributed by atoms with Gasteiger partial charge in [0.1, 0.15) is 11.4 Å². The number of carbonyl (C=O) groups is 1. The van der Waals surface area contributed by atoms with Crippen molar-refractivity contribution in [3.63, 3.8) is 0 Å². The Morgan fingerprint density at radius 3 is 2.85 bits per heavy atom. The molecule has 0 atom stereocenters. The molecule has 0 amide bonds. The molecular formula is C9H4ClFO2. The number of rotatable bonds is 1. The minimum Gasteiger partial charge on any atom is -0.452 e. The maximum Gasteiger partial charge on any atom is 0.287 e. The first-order valence-electron chi connectivity index (χ1n) is 3.56. The summed E-state index contributed by atoms with van der Waals surface area (Å²) in [5, 5.41) is -0.152. The predicted octanol–water partition coefficient (Wildman–Crippen LogP) is 2.95. The van der Waals surface area contributed by atoms with Gasteiger partial charge >= 0.3 is 0 Å². The molecule has 66 valence electrons. The molecule has 2 rings (SSSR count). The summed E-state index contributed by atoms with van der Waals surface area (Å²) in [5.74, 6) is -0.343. The molecule has 1 aromatic carbocycles. The van der Waals surface area contributed by atoms with Gasteiger partial charge < -0.3 is 4.42 Å². The van der Waals surface area contributed by atoms with Crippen LogP contribution < -0.4 is 0 Å². The second kappa shape index (κ2) is 2.85. The van der Waals surface area contributed by atoms with Crippen LogP contribution in [0.2, 0.25) is 0 Å². The molecule has 0 aliphatic carbocycles. The molecule has 2 nitrogen and oxygen atoms in total. The minimum atomic E-state index is -0.684. The Bertz CT molecular complexity index is 475. The van der Waals surface area contributed by atoms with Crippen LogP contribution in [0.4, 0.5) is 4.39 Å². The van der Waals surface area contributed by atoms with Crippen molar-refractivity contribution < 1.29 is 13.6 Å². The highest BCUT2D eigenvalue weighted by Crippen LogP contribution is 2.21. The molecule has 0 saturated carbocycles. The SMILES string of the molecule is O=C(Cl)c1cc2cc(F)ccc2o1. The Morgan fingerprint density at radius 1 is 1.38 bits per heavy atom. The highest BCUT2D eigenvalue weighted by atomic mass is 35.5. The minimum absolute atomic E-state index is 0.0299. The average Bonchev–Trinajstić information content (AvgIpc) is 2.46. The number of hydrogen-bond acceptors (Lipinski definition) is 2. The lowest BCUT2D eigenvalue weighted by molar-refractivity contribution is 0.105. The summed E-state index contributed by atoms with van der Waals surface area (Å²) < 4.78 is 17.7. The van der Waals surface area contributed by atoms with E-state index in [4.69, 9.17) is 16.0 Å². The van der Waals surface area contributed by atoms with Crippen LogP contribution in [-0.2, 0) is 0 Å². The van der Waals surface area contributed by atoms with E-state index < -0.39 is 5.24 Å². The zero-order valence-corrected chi connectivity index (χ0v) is 7.14. The molecule has 4 heteroatoms. The van der Waals surface area contributed by atoms with Crippen molar-refractivity contribution in [2.24, 2.45) is 0 Å².